The van der Waals surface area contributed by atoms with E-state index in [0.29, 0.717) is 29.8 Å². The Labute approximate surface area is 150 Å². The van der Waals surface area contributed by atoms with Gasteiger partial charge in [-0.2, -0.15) is 0 Å². The van der Waals surface area contributed by atoms with Crippen LogP contribution in [0.25, 0.3) is 0 Å². The normalized spacial score (nSPS) is 15.4. The van der Waals surface area contributed by atoms with Gasteiger partial charge in [-0.15, -0.1) is 0 Å². The van der Waals surface area contributed by atoms with Gasteiger partial charge in [0.25, 0.3) is 6.02 Å². The van der Waals surface area contributed by atoms with Crippen LogP contribution in [0.4, 0.5) is 4.39 Å². The van der Waals surface area contributed by atoms with Crippen LogP contribution in [0.5, 0.6) is 5.88 Å². The quantitative estimate of drug-likeness (QED) is 0.482. The first kappa shape index (κ1) is 17.8. The van der Waals surface area contributed by atoms with E-state index < -0.39 is 5.54 Å². The average Bonchev–Trinajstić information content (AvgIpc) is 3.43. The topological polar surface area (TPSA) is 99.7 Å². The minimum Gasteiger partial charge on any atom is -0.480 e. The van der Waals surface area contributed by atoms with Gasteiger partial charge in [-0.3, -0.25) is 4.79 Å². The van der Waals surface area contributed by atoms with Gasteiger partial charge < -0.3 is 15.2 Å². The second-order valence-corrected chi connectivity index (χ2v) is 6.04. The van der Waals surface area contributed by atoms with Crippen LogP contribution in [0, 0.1) is 5.82 Å². The van der Waals surface area contributed by atoms with E-state index in [4.69, 9.17) is 15.2 Å². The van der Waals surface area contributed by atoms with Crippen molar-refractivity contribution < 1.29 is 18.7 Å². The van der Waals surface area contributed by atoms with Crippen LogP contribution in [0.3, 0.4) is 0 Å². The zero-order chi connectivity index (χ0) is 18.7. The van der Waals surface area contributed by atoms with Crippen molar-refractivity contribution in [2.45, 2.75) is 24.8 Å². The average molecular weight is 358 g/mol. The van der Waals surface area contributed by atoms with Gasteiger partial charge in [-0.05, 0) is 30.5 Å². The molecule has 0 bridgehead atoms. The van der Waals surface area contributed by atoms with Crippen molar-refractivity contribution in [3.63, 3.8) is 0 Å². The fourth-order valence-electron chi connectivity index (χ4n) is 2.70. The molecule has 0 atom stereocenters. The lowest BCUT2D eigenvalue weighted by atomic mass is 9.98. The van der Waals surface area contributed by atoms with Gasteiger partial charge in [0.15, 0.2) is 5.78 Å². The molecule has 0 amide bonds. The summed E-state index contributed by atoms with van der Waals surface area (Å²) < 4.78 is 24.1. The number of aliphatic imine (C=N–C) groups is 1. The number of ketones is 1. The van der Waals surface area contributed by atoms with Crippen molar-refractivity contribution in [1.82, 2.24) is 9.97 Å². The van der Waals surface area contributed by atoms with Gasteiger partial charge in [0.05, 0.1) is 32.2 Å². The van der Waals surface area contributed by atoms with Crippen LogP contribution in [-0.2, 0) is 16.7 Å². The Kier molecular flexibility index (Phi) is 4.83. The van der Waals surface area contributed by atoms with Crippen LogP contribution in [-0.4, -0.2) is 36.0 Å². The van der Waals surface area contributed by atoms with Crippen molar-refractivity contribution in [2.75, 3.05) is 14.2 Å². The van der Waals surface area contributed by atoms with Crippen LogP contribution in [0.2, 0.25) is 0 Å². The number of aromatic nitrogens is 2. The summed E-state index contributed by atoms with van der Waals surface area (Å²) in [7, 11) is 2.88. The standard InChI is InChI=1S/C18H19FN4O3/c1-25-16-10-21-14(9-22-16)15(24)8-11-3-4-13(19)12(7-11)18(5-6-18)23-17(20)26-2/h3-4,7,9-10H,5-6,8H2,1-2H3,(H2,20,23). The van der Waals surface area contributed by atoms with Crippen molar-refractivity contribution in [3.8, 4) is 5.88 Å². The molecule has 1 aromatic carbocycles. The number of hydrogen-bond donors (Lipinski definition) is 1. The molecule has 0 saturated heterocycles. The molecule has 3 rings (SSSR count). The molecular weight excluding hydrogens is 339 g/mol. The van der Waals surface area contributed by atoms with Crippen molar-refractivity contribution in [2.24, 2.45) is 10.7 Å². The highest BCUT2D eigenvalue weighted by Gasteiger charge is 2.47. The molecule has 1 heterocycles. The lowest BCUT2D eigenvalue weighted by molar-refractivity contribution is 0.0987. The monoisotopic (exact) mass is 358 g/mol. The molecule has 1 aromatic heterocycles. The predicted octanol–water partition coefficient (Wildman–Crippen LogP) is 2.00. The molecule has 1 saturated carbocycles. The number of carbonyl (C=O) groups is 1. The molecule has 1 fully saturated rings. The first-order chi connectivity index (χ1) is 12.5. The van der Waals surface area contributed by atoms with Crippen molar-refractivity contribution in [3.05, 3.63) is 53.2 Å². The third-order valence-corrected chi connectivity index (χ3v) is 4.28. The summed E-state index contributed by atoms with van der Waals surface area (Å²) in [6.07, 6.45) is 4.17. The van der Waals surface area contributed by atoms with Crippen LogP contribution >= 0.6 is 0 Å². The van der Waals surface area contributed by atoms with E-state index in [-0.39, 0.29) is 29.7 Å². The van der Waals surface area contributed by atoms with Crippen LogP contribution in [0.15, 0.2) is 35.6 Å². The third-order valence-electron chi connectivity index (χ3n) is 4.28. The van der Waals surface area contributed by atoms with Gasteiger partial charge in [-0.25, -0.2) is 19.4 Å². The molecule has 8 heteroatoms. The zero-order valence-corrected chi connectivity index (χ0v) is 14.5. The summed E-state index contributed by atoms with van der Waals surface area (Å²) in [6.45, 7) is 0. The Morgan fingerprint density at radius 3 is 2.65 bits per heavy atom. The van der Waals surface area contributed by atoms with E-state index in [0.717, 1.165) is 0 Å². The van der Waals surface area contributed by atoms with Gasteiger partial charge >= 0.3 is 0 Å². The number of nitrogens with zero attached hydrogens (tertiary/aromatic N) is 3. The Hall–Kier alpha value is -3.03. The van der Waals surface area contributed by atoms with Gasteiger partial charge in [0.2, 0.25) is 5.88 Å². The number of hydrogen-bond acceptors (Lipinski definition) is 6. The predicted molar refractivity (Wildman–Crippen MR) is 92.6 cm³/mol. The van der Waals surface area contributed by atoms with Crippen LogP contribution < -0.4 is 10.5 Å². The summed E-state index contributed by atoms with van der Waals surface area (Å²) in [5, 5.41) is 0. The summed E-state index contributed by atoms with van der Waals surface area (Å²) in [5.41, 5.74) is 6.24. The molecule has 1 aliphatic carbocycles. The number of benzene rings is 1. The molecule has 26 heavy (non-hydrogen) atoms. The minimum absolute atomic E-state index is 0.0110. The van der Waals surface area contributed by atoms with E-state index >= 15 is 0 Å². The number of amidine groups is 1. The molecule has 1 aliphatic rings. The maximum atomic E-state index is 14.3. The largest absolute Gasteiger partial charge is 0.480 e. The highest BCUT2D eigenvalue weighted by molar-refractivity contribution is 5.95. The maximum Gasteiger partial charge on any atom is 0.282 e. The van der Waals surface area contributed by atoms with E-state index in [1.54, 1.807) is 12.1 Å². The molecule has 0 unspecified atom stereocenters. The SMILES string of the molecule is COC(N)=NC1(c2cc(CC(=O)c3cnc(OC)cn3)ccc2F)CC1. The lowest BCUT2D eigenvalue weighted by Gasteiger charge is -2.14. The molecule has 2 N–H and O–H groups in total. The highest BCUT2D eigenvalue weighted by atomic mass is 19.1. The zero-order valence-electron chi connectivity index (χ0n) is 14.5. The van der Waals surface area contributed by atoms with Crippen molar-refractivity contribution in [1.29, 1.82) is 0 Å². The summed E-state index contributed by atoms with van der Waals surface area (Å²) in [6, 6.07) is 4.59. The summed E-state index contributed by atoms with van der Waals surface area (Å²) in [5.74, 6) is -0.270. The van der Waals surface area contributed by atoms with Gasteiger partial charge in [0.1, 0.15) is 11.5 Å². The number of nitrogens with two attached hydrogens (primary N) is 1. The second kappa shape index (κ2) is 7.07. The third kappa shape index (κ3) is 3.63. The second-order valence-electron chi connectivity index (χ2n) is 6.04. The van der Waals surface area contributed by atoms with Crippen LogP contribution in [0.1, 0.15) is 34.5 Å². The summed E-state index contributed by atoms with van der Waals surface area (Å²) in [4.78, 5) is 24.7. The molecular formula is C18H19FN4O3. The first-order valence-electron chi connectivity index (χ1n) is 8.05. The first-order valence-corrected chi connectivity index (χ1v) is 8.05. The van der Waals surface area contributed by atoms with E-state index in [1.807, 2.05) is 0 Å². The number of ether oxygens (including phenoxy) is 2. The lowest BCUT2D eigenvalue weighted by Crippen LogP contribution is -2.19. The molecule has 136 valence electrons. The Morgan fingerprint density at radius 1 is 1.31 bits per heavy atom. The minimum atomic E-state index is -0.705. The molecule has 2 aromatic rings. The smallest absolute Gasteiger partial charge is 0.282 e. The number of methoxy groups -OCH3 is 2. The van der Waals surface area contributed by atoms with E-state index in [1.165, 1.54) is 32.7 Å². The number of carbonyl (C=O) groups excluding carboxylic acids is 1. The number of halogens is 1. The molecule has 0 spiro atoms. The van der Waals surface area contributed by atoms with Gasteiger partial charge in [0, 0.05) is 12.0 Å². The summed E-state index contributed by atoms with van der Waals surface area (Å²) >= 11 is 0. The highest BCUT2D eigenvalue weighted by Crippen LogP contribution is 2.50. The Bertz CT molecular complexity index is 848. The fraction of sp³-hybridized carbons (Fsp3) is 0.333. The number of Topliss-reactive ketones (excluding diaryl/α,β-unsaturated/α-hetero) is 1. The Morgan fingerprint density at radius 2 is 2.08 bits per heavy atom. The Balaban J connectivity index is 1.82. The van der Waals surface area contributed by atoms with Gasteiger partial charge in [-0.1, -0.05) is 6.07 Å². The van der Waals surface area contributed by atoms with E-state index in [2.05, 4.69) is 15.0 Å². The van der Waals surface area contributed by atoms with Crippen molar-refractivity contribution >= 4 is 11.8 Å². The molecule has 7 nitrogen and oxygen atoms in total. The fourth-order valence-corrected chi connectivity index (χ4v) is 2.70. The maximum absolute atomic E-state index is 14.3. The van der Waals surface area contributed by atoms with E-state index in [9.17, 15) is 9.18 Å². The molecule has 0 radical (unpaired) electrons. The molecule has 0 aliphatic heterocycles. The number of rotatable bonds is 6.